The number of nitrogens with one attached hydrogen (secondary N) is 4. The normalized spacial score (nSPS) is 14.5. The van der Waals surface area contributed by atoms with Crippen LogP contribution in [0.1, 0.15) is 31.7 Å². The Hall–Kier alpha value is -3.48. The minimum absolute atomic E-state index is 0.0882. The zero-order valence-corrected chi connectivity index (χ0v) is 19.6. The van der Waals surface area contributed by atoms with E-state index in [1.165, 1.54) is 6.92 Å². The van der Waals surface area contributed by atoms with Crippen LogP contribution >= 0.6 is 0 Å². The van der Waals surface area contributed by atoms with Crippen molar-refractivity contribution in [2.75, 3.05) is 13.2 Å². The Balaban J connectivity index is 2.15. The van der Waals surface area contributed by atoms with E-state index in [0.717, 1.165) is 16.5 Å². The molecule has 0 aliphatic carbocycles. The van der Waals surface area contributed by atoms with Crippen molar-refractivity contribution in [1.82, 2.24) is 20.9 Å². The van der Waals surface area contributed by atoms with Gasteiger partial charge in [0.15, 0.2) is 0 Å². The predicted molar refractivity (Wildman–Crippen MR) is 129 cm³/mol. The molecule has 192 valence electrons. The molecule has 1 aromatic heterocycles. The number of aromatic amines is 1. The van der Waals surface area contributed by atoms with Crippen molar-refractivity contribution < 1.29 is 29.4 Å². The molecule has 10 N–H and O–H groups in total. The molecule has 0 saturated carbocycles. The van der Waals surface area contributed by atoms with Crippen LogP contribution in [0.15, 0.2) is 30.5 Å². The first kappa shape index (κ1) is 27.8. The number of aliphatic hydroxyl groups excluding tert-OH is 1. The summed E-state index contributed by atoms with van der Waals surface area (Å²) < 4.78 is 0. The molecule has 4 unspecified atom stereocenters. The van der Waals surface area contributed by atoms with Crippen LogP contribution < -0.4 is 27.4 Å². The first-order valence-electron chi connectivity index (χ1n) is 11.4. The molecule has 2 aromatic rings. The highest BCUT2D eigenvalue weighted by molar-refractivity contribution is 5.94. The van der Waals surface area contributed by atoms with Crippen LogP contribution in [0.25, 0.3) is 10.9 Å². The van der Waals surface area contributed by atoms with Gasteiger partial charge in [-0.25, -0.2) is 4.79 Å². The second-order valence-corrected chi connectivity index (χ2v) is 8.34. The van der Waals surface area contributed by atoms with Gasteiger partial charge in [0.2, 0.25) is 17.7 Å². The SMILES string of the molecule is CC(N)C(=O)NC(Cc1c[nH]c2ccccc12)C(=O)NC(CO)C(=O)NC(CCCCN)C(=O)O. The molecule has 0 spiro atoms. The summed E-state index contributed by atoms with van der Waals surface area (Å²) in [5, 5.41) is 27.2. The van der Waals surface area contributed by atoms with Gasteiger partial charge >= 0.3 is 5.97 Å². The number of aromatic nitrogens is 1. The largest absolute Gasteiger partial charge is 0.480 e. The van der Waals surface area contributed by atoms with E-state index in [4.69, 9.17) is 11.5 Å². The van der Waals surface area contributed by atoms with Gasteiger partial charge in [-0.05, 0) is 44.4 Å². The molecule has 1 aromatic carbocycles. The molecule has 0 fully saturated rings. The van der Waals surface area contributed by atoms with E-state index in [0.29, 0.717) is 19.4 Å². The highest BCUT2D eigenvalue weighted by atomic mass is 16.4. The van der Waals surface area contributed by atoms with Crippen LogP contribution in [0.4, 0.5) is 0 Å². The van der Waals surface area contributed by atoms with Crippen LogP contribution in [0.3, 0.4) is 0 Å². The highest BCUT2D eigenvalue weighted by Crippen LogP contribution is 2.19. The Kier molecular flexibility index (Phi) is 10.6. The van der Waals surface area contributed by atoms with Crippen molar-refractivity contribution >= 4 is 34.6 Å². The molecule has 12 nitrogen and oxygen atoms in total. The van der Waals surface area contributed by atoms with Crippen molar-refractivity contribution in [1.29, 1.82) is 0 Å². The summed E-state index contributed by atoms with van der Waals surface area (Å²) in [6.07, 6.45) is 3.04. The molecule has 2 rings (SSSR count). The van der Waals surface area contributed by atoms with Crippen LogP contribution in [-0.2, 0) is 25.6 Å². The third-order valence-corrected chi connectivity index (χ3v) is 5.52. The van der Waals surface area contributed by atoms with Gasteiger partial charge in [-0.1, -0.05) is 18.2 Å². The minimum Gasteiger partial charge on any atom is -0.480 e. The van der Waals surface area contributed by atoms with Gasteiger partial charge in [0.05, 0.1) is 12.6 Å². The number of rotatable bonds is 14. The lowest BCUT2D eigenvalue weighted by Crippen LogP contribution is -2.58. The Morgan fingerprint density at radius 2 is 1.60 bits per heavy atom. The number of aliphatic hydroxyl groups is 1. The third-order valence-electron chi connectivity index (χ3n) is 5.52. The number of fused-ring (bicyclic) bond motifs is 1. The topological polar surface area (TPSA) is 213 Å². The lowest BCUT2D eigenvalue weighted by Gasteiger charge is -2.24. The number of carboxylic acids is 1. The van der Waals surface area contributed by atoms with E-state index < -0.39 is 54.5 Å². The molecule has 3 amide bonds. The molecule has 0 aliphatic rings. The number of carboxylic acid groups (broad SMARTS) is 1. The number of unbranched alkanes of at least 4 members (excludes halogenated alkanes) is 1. The van der Waals surface area contributed by atoms with Crippen molar-refractivity contribution in [3.8, 4) is 0 Å². The van der Waals surface area contributed by atoms with Gasteiger partial charge in [-0.3, -0.25) is 14.4 Å². The van der Waals surface area contributed by atoms with Crippen molar-refractivity contribution in [2.45, 2.75) is 56.8 Å². The zero-order chi connectivity index (χ0) is 26.0. The summed E-state index contributed by atoms with van der Waals surface area (Å²) in [4.78, 5) is 52.5. The lowest BCUT2D eigenvalue weighted by molar-refractivity contribution is -0.142. The summed E-state index contributed by atoms with van der Waals surface area (Å²) >= 11 is 0. The molecule has 1 heterocycles. The molecule has 35 heavy (non-hydrogen) atoms. The maximum atomic E-state index is 13.1. The molecular weight excluding hydrogens is 456 g/mol. The maximum absolute atomic E-state index is 13.1. The summed E-state index contributed by atoms with van der Waals surface area (Å²) in [6.45, 7) is 1.09. The van der Waals surface area contributed by atoms with E-state index >= 15 is 0 Å². The van der Waals surface area contributed by atoms with Crippen molar-refractivity contribution in [3.05, 3.63) is 36.0 Å². The number of hydrogen-bond acceptors (Lipinski definition) is 7. The van der Waals surface area contributed by atoms with E-state index in [1.807, 2.05) is 24.3 Å². The summed E-state index contributed by atoms with van der Waals surface area (Å²) in [5.41, 5.74) is 12.7. The van der Waals surface area contributed by atoms with Crippen molar-refractivity contribution in [2.24, 2.45) is 11.5 Å². The summed E-state index contributed by atoms with van der Waals surface area (Å²) in [6, 6.07) is 2.83. The average Bonchev–Trinajstić information content (AvgIpc) is 3.23. The van der Waals surface area contributed by atoms with E-state index in [2.05, 4.69) is 20.9 Å². The quantitative estimate of drug-likeness (QED) is 0.149. The number of aliphatic carboxylic acids is 1. The van der Waals surface area contributed by atoms with Crippen LogP contribution in [0.2, 0.25) is 0 Å². The second kappa shape index (κ2) is 13.4. The van der Waals surface area contributed by atoms with E-state index in [1.54, 1.807) is 6.20 Å². The molecule has 0 radical (unpaired) electrons. The fourth-order valence-electron chi connectivity index (χ4n) is 3.52. The van der Waals surface area contributed by atoms with Crippen LogP contribution in [-0.4, -0.2) is 76.2 Å². The number of carbonyl (C=O) groups excluding carboxylic acids is 3. The molecule has 0 bridgehead atoms. The molecule has 12 heteroatoms. The van der Waals surface area contributed by atoms with Crippen molar-refractivity contribution in [3.63, 3.8) is 0 Å². The molecule has 0 saturated heterocycles. The van der Waals surface area contributed by atoms with Gasteiger partial charge < -0.3 is 42.6 Å². The highest BCUT2D eigenvalue weighted by Gasteiger charge is 2.30. The number of amides is 3. The number of hydrogen-bond donors (Lipinski definition) is 8. The smallest absolute Gasteiger partial charge is 0.326 e. The zero-order valence-electron chi connectivity index (χ0n) is 19.6. The first-order valence-corrected chi connectivity index (χ1v) is 11.4. The average molecular weight is 491 g/mol. The van der Waals surface area contributed by atoms with Gasteiger partial charge in [0.1, 0.15) is 18.1 Å². The van der Waals surface area contributed by atoms with Crippen LogP contribution in [0, 0.1) is 0 Å². The van der Waals surface area contributed by atoms with Gasteiger partial charge in [0.25, 0.3) is 0 Å². The molecule has 4 atom stereocenters. The Morgan fingerprint density at radius 1 is 0.971 bits per heavy atom. The predicted octanol–water partition coefficient (Wildman–Crippen LogP) is -1.28. The lowest BCUT2D eigenvalue weighted by atomic mass is 10.0. The minimum atomic E-state index is -1.42. The molecule has 0 aliphatic heterocycles. The standard InChI is InChI=1S/C23H34N6O6/c1-13(25)20(31)28-18(10-14-11-26-16-7-3-2-6-15(14)16)21(32)29-19(12-30)22(33)27-17(23(34)35)8-4-5-9-24/h2-3,6-7,11,13,17-19,26,30H,4-5,8-10,12,24-25H2,1H3,(H,27,33)(H,28,31)(H,29,32)(H,34,35). The second-order valence-electron chi connectivity index (χ2n) is 8.34. The Labute approximate surface area is 202 Å². The summed E-state index contributed by atoms with van der Waals surface area (Å²) in [7, 11) is 0. The van der Waals surface area contributed by atoms with Gasteiger partial charge in [0, 0.05) is 23.5 Å². The van der Waals surface area contributed by atoms with E-state index in [9.17, 15) is 29.4 Å². The number of H-pyrrole nitrogens is 1. The van der Waals surface area contributed by atoms with Crippen LogP contribution in [0.5, 0.6) is 0 Å². The fourth-order valence-corrected chi connectivity index (χ4v) is 3.52. The number of benzene rings is 1. The third kappa shape index (κ3) is 8.05. The maximum Gasteiger partial charge on any atom is 0.326 e. The Bertz CT molecular complexity index is 1020. The number of para-hydroxylation sites is 1. The number of nitrogens with two attached hydrogens (primary N) is 2. The Morgan fingerprint density at radius 3 is 2.23 bits per heavy atom. The van der Waals surface area contributed by atoms with E-state index in [-0.39, 0.29) is 12.8 Å². The monoisotopic (exact) mass is 490 g/mol. The first-order chi connectivity index (χ1) is 16.7. The summed E-state index contributed by atoms with van der Waals surface area (Å²) in [5.74, 6) is -3.39. The van der Waals surface area contributed by atoms with Gasteiger partial charge in [-0.2, -0.15) is 0 Å². The fraction of sp³-hybridized carbons (Fsp3) is 0.478. The van der Waals surface area contributed by atoms with Gasteiger partial charge in [-0.15, -0.1) is 0 Å². The number of carbonyl (C=O) groups is 4. The molecular formula is C23H34N6O6.